The molecule has 19 heavy (non-hydrogen) atoms. The maximum atomic E-state index is 12.0. The fraction of sp³-hybridized carbons (Fsp3) is 0.154. The molecule has 2 heterocycles. The number of rotatable bonds is 2. The van der Waals surface area contributed by atoms with Crippen LogP contribution in [0.2, 0.25) is 0 Å². The van der Waals surface area contributed by atoms with E-state index >= 15 is 0 Å². The molecular weight excluding hydrogens is 260 g/mol. The summed E-state index contributed by atoms with van der Waals surface area (Å²) in [6.07, 6.45) is 1.73. The summed E-state index contributed by atoms with van der Waals surface area (Å²) in [5, 5.41) is 7.44. The van der Waals surface area contributed by atoms with Crippen LogP contribution < -0.4 is 5.32 Å². The second-order valence-electron chi connectivity index (χ2n) is 4.27. The van der Waals surface area contributed by atoms with Crippen LogP contribution >= 0.6 is 11.3 Å². The summed E-state index contributed by atoms with van der Waals surface area (Å²) in [5.41, 5.74) is 2.45. The van der Waals surface area contributed by atoms with Crippen molar-refractivity contribution in [3.05, 3.63) is 41.7 Å². The molecule has 6 heteroatoms. The van der Waals surface area contributed by atoms with Crippen LogP contribution in [0, 0.1) is 6.92 Å². The van der Waals surface area contributed by atoms with E-state index in [2.05, 4.69) is 15.4 Å². The summed E-state index contributed by atoms with van der Waals surface area (Å²) in [7, 11) is 1.78. The highest BCUT2D eigenvalue weighted by Gasteiger charge is 2.12. The molecule has 0 unspecified atom stereocenters. The summed E-state index contributed by atoms with van der Waals surface area (Å²) in [4.78, 5) is 16.4. The summed E-state index contributed by atoms with van der Waals surface area (Å²) in [6, 6.07) is 7.61. The quantitative estimate of drug-likeness (QED) is 0.780. The fourth-order valence-electron chi connectivity index (χ4n) is 1.84. The largest absolute Gasteiger partial charge is 0.296 e. The summed E-state index contributed by atoms with van der Waals surface area (Å²) in [6.45, 7) is 2.03. The zero-order valence-corrected chi connectivity index (χ0v) is 11.4. The van der Waals surface area contributed by atoms with E-state index in [0.717, 1.165) is 15.8 Å². The van der Waals surface area contributed by atoms with Gasteiger partial charge in [0, 0.05) is 13.2 Å². The Morgan fingerprint density at radius 3 is 2.89 bits per heavy atom. The highest BCUT2D eigenvalue weighted by atomic mass is 32.1. The minimum atomic E-state index is -0.239. The first-order valence-electron chi connectivity index (χ1n) is 5.80. The fourth-order valence-corrected chi connectivity index (χ4v) is 2.77. The number of carbonyl (C=O) groups is 1. The van der Waals surface area contributed by atoms with Crippen LogP contribution in [0.3, 0.4) is 0 Å². The van der Waals surface area contributed by atoms with E-state index in [4.69, 9.17) is 0 Å². The van der Waals surface area contributed by atoms with Crippen LogP contribution in [0.1, 0.15) is 16.1 Å². The average Bonchev–Trinajstić information content (AvgIpc) is 2.96. The second kappa shape index (κ2) is 4.47. The van der Waals surface area contributed by atoms with Crippen molar-refractivity contribution < 1.29 is 4.79 Å². The van der Waals surface area contributed by atoms with Gasteiger partial charge in [0.2, 0.25) is 0 Å². The maximum absolute atomic E-state index is 12.0. The van der Waals surface area contributed by atoms with Crippen molar-refractivity contribution in [3.63, 3.8) is 0 Å². The molecule has 0 aliphatic rings. The van der Waals surface area contributed by atoms with Crippen molar-refractivity contribution in [1.29, 1.82) is 0 Å². The number of aromatic nitrogens is 3. The van der Waals surface area contributed by atoms with Gasteiger partial charge in [-0.05, 0) is 24.6 Å². The van der Waals surface area contributed by atoms with Gasteiger partial charge in [-0.2, -0.15) is 5.10 Å². The van der Waals surface area contributed by atoms with E-state index < -0.39 is 0 Å². The Morgan fingerprint density at radius 2 is 2.21 bits per heavy atom. The highest BCUT2D eigenvalue weighted by Crippen LogP contribution is 2.28. The molecule has 3 rings (SSSR count). The topological polar surface area (TPSA) is 59.8 Å². The average molecular weight is 272 g/mol. The van der Waals surface area contributed by atoms with Gasteiger partial charge in [-0.1, -0.05) is 23.5 Å². The molecule has 0 aliphatic heterocycles. The molecule has 0 saturated heterocycles. The third-order valence-electron chi connectivity index (χ3n) is 2.78. The van der Waals surface area contributed by atoms with Crippen molar-refractivity contribution >= 4 is 32.6 Å². The van der Waals surface area contributed by atoms with Crippen LogP contribution in [-0.4, -0.2) is 20.7 Å². The van der Waals surface area contributed by atoms with Crippen molar-refractivity contribution in [2.45, 2.75) is 6.92 Å². The van der Waals surface area contributed by atoms with Gasteiger partial charge < -0.3 is 0 Å². The Hall–Kier alpha value is -2.21. The number of carbonyl (C=O) groups excluding carboxylic acids is 1. The van der Waals surface area contributed by atoms with E-state index in [1.54, 1.807) is 24.0 Å². The predicted octanol–water partition coefficient (Wildman–Crippen LogP) is 2.59. The number of anilines is 1. The molecule has 0 fully saturated rings. The third kappa shape index (κ3) is 2.22. The predicted molar refractivity (Wildman–Crippen MR) is 75.5 cm³/mol. The molecule has 5 nitrogen and oxygen atoms in total. The number of aryl methyl sites for hydroxylation is 2. The van der Waals surface area contributed by atoms with Gasteiger partial charge in [0.15, 0.2) is 10.8 Å². The first-order chi connectivity index (χ1) is 9.13. The number of benzene rings is 1. The lowest BCUT2D eigenvalue weighted by Gasteiger charge is -1.96. The molecule has 0 atom stereocenters. The van der Waals surface area contributed by atoms with Crippen molar-refractivity contribution in [1.82, 2.24) is 14.8 Å². The monoisotopic (exact) mass is 272 g/mol. The molecule has 0 spiro atoms. The Morgan fingerprint density at radius 1 is 1.37 bits per heavy atom. The van der Waals surface area contributed by atoms with Gasteiger partial charge in [-0.25, -0.2) is 4.98 Å². The van der Waals surface area contributed by atoms with E-state index in [1.807, 2.05) is 25.1 Å². The Balaban J connectivity index is 1.89. The molecule has 0 bridgehead atoms. The molecular formula is C13H12N4OS. The second-order valence-corrected chi connectivity index (χ2v) is 5.27. The zero-order valence-electron chi connectivity index (χ0n) is 10.5. The number of thiazole rings is 1. The SMILES string of the molecule is Cc1cccc2nc(NC(=O)c3ccn(C)n3)sc12. The molecule has 1 amide bonds. The number of fused-ring (bicyclic) bond motifs is 1. The summed E-state index contributed by atoms with van der Waals surface area (Å²) < 4.78 is 2.69. The van der Waals surface area contributed by atoms with Gasteiger partial charge in [0.05, 0.1) is 10.2 Å². The van der Waals surface area contributed by atoms with Crippen LogP contribution in [-0.2, 0) is 7.05 Å². The number of nitrogens with zero attached hydrogens (tertiary/aromatic N) is 3. The van der Waals surface area contributed by atoms with Crippen LogP contribution in [0.5, 0.6) is 0 Å². The molecule has 0 aliphatic carbocycles. The summed E-state index contributed by atoms with van der Waals surface area (Å²) >= 11 is 1.48. The first-order valence-corrected chi connectivity index (χ1v) is 6.62. The van der Waals surface area contributed by atoms with E-state index in [9.17, 15) is 4.79 Å². The van der Waals surface area contributed by atoms with Crippen molar-refractivity contribution in [2.75, 3.05) is 5.32 Å². The van der Waals surface area contributed by atoms with E-state index in [-0.39, 0.29) is 5.91 Å². The number of hydrogen-bond donors (Lipinski definition) is 1. The van der Waals surface area contributed by atoms with E-state index in [0.29, 0.717) is 10.8 Å². The van der Waals surface area contributed by atoms with Crippen LogP contribution in [0.15, 0.2) is 30.5 Å². The van der Waals surface area contributed by atoms with Gasteiger partial charge >= 0.3 is 0 Å². The Labute approximate surface area is 113 Å². The minimum Gasteiger partial charge on any atom is -0.296 e. The normalized spacial score (nSPS) is 10.8. The molecule has 1 N–H and O–H groups in total. The molecule has 2 aromatic heterocycles. The number of amides is 1. The molecule has 0 radical (unpaired) electrons. The smallest absolute Gasteiger partial charge is 0.277 e. The maximum Gasteiger partial charge on any atom is 0.277 e. The standard InChI is InChI=1S/C13H12N4OS/c1-8-4-3-5-9-11(8)19-13(14-9)15-12(18)10-6-7-17(2)16-10/h3-7H,1-2H3,(H,14,15,18). The van der Waals surface area contributed by atoms with Crippen LogP contribution in [0.25, 0.3) is 10.2 Å². The Kier molecular flexibility index (Phi) is 2.79. The van der Waals surface area contributed by atoms with E-state index in [1.165, 1.54) is 11.3 Å². The zero-order chi connectivity index (χ0) is 13.4. The Bertz CT molecular complexity index is 759. The molecule has 96 valence electrons. The summed E-state index contributed by atoms with van der Waals surface area (Å²) in [5.74, 6) is -0.239. The number of nitrogens with one attached hydrogen (secondary N) is 1. The highest BCUT2D eigenvalue weighted by molar-refractivity contribution is 7.22. The third-order valence-corrected chi connectivity index (χ3v) is 3.90. The van der Waals surface area contributed by atoms with Gasteiger partial charge in [0.25, 0.3) is 5.91 Å². The molecule has 0 saturated carbocycles. The number of hydrogen-bond acceptors (Lipinski definition) is 4. The minimum absolute atomic E-state index is 0.239. The lowest BCUT2D eigenvalue weighted by atomic mass is 10.2. The first kappa shape index (κ1) is 11.9. The lowest BCUT2D eigenvalue weighted by molar-refractivity contribution is 0.102. The van der Waals surface area contributed by atoms with Gasteiger partial charge in [-0.3, -0.25) is 14.8 Å². The van der Waals surface area contributed by atoms with Crippen molar-refractivity contribution in [2.24, 2.45) is 7.05 Å². The lowest BCUT2D eigenvalue weighted by Crippen LogP contribution is -2.12. The van der Waals surface area contributed by atoms with Crippen LogP contribution in [0.4, 0.5) is 5.13 Å². The van der Waals surface area contributed by atoms with Crippen molar-refractivity contribution in [3.8, 4) is 0 Å². The molecule has 3 aromatic rings. The van der Waals surface area contributed by atoms with Gasteiger partial charge in [0.1, 0.15) is 0 Å². The van der Waals surface area contributed by atoms with Gasteiger partial charge in [-0.15, -0.1) is 0 Å². The molecule has 1 aromatic carbocycles.